The van der Waals surface area contributed by atoms with Gasteiger partial charge < -0.3 is 15.0 Å². The van der Waals surface area contributed by atoms with Gasteiger partial charge in [0, 0.05) is 19.2 Å². The first kappa shape index (κ1) is 16.4. The van der Waals surface area contributed by atoms with Crippen LogP contribution in [0.15, 0.2) is 18.3 Å². The first-order valence-corrected chi connectivity index (χ1v) is 7.71. The Morgan fingerprint density at radius 3 is 2.82 bits per heavy atom. The third kappa shape index (κ3) is 5.11. The molecule has 1 aliphatic rings. The molecule has 0 radical (unpaired) electrons. The van der Waals surface area contributed by atoms with Gasteiger partial charge in [-0.1, -0.05) is 6.42 Å². The summed E-state index contributed by atoms with van der Waals surface area (Å²) in [5, 5.41) is 2.84. The van der Waals surface area contributed by atoms with E-state index in [2.05, 4.69) is 19.9 Å². The van der Waals surface area contributed by atoms with Crippen molar-refractivity contribution >= 4 is 11.9 Å². The number of pyridine rings is 1. The van der Waals surface area contributed by atoms with Crippen molar-refractivity contribution in [3.8, 4) is 0 Å². The maximum atomic E-state index is 11.9. The molecule has 1 amide bonds. The van der Waals surface area contributed by atoms with Gasteiger partial charge in [-0.15, -0.1) is 0 Å². The summed E-state index contributed by atoms with van der Waals surface area (Å²) in [5.41, 5.74) is 1.09. The van der Waals surface area contributed by atoms with Crippen LogP contribution in [0.25, 0.3) is 0 Å². The smallest absolute Gasteiger partial charge is 0.337 e. The van der Waals surface area contributed by atoms with Gasteiger partial charge in [0.1, 0.15) is 0 Å². The van der Waals surface area contributed by atoms with Gasteiger partial charge in [0.15, 0.2) is 0 Å². The maximum absolute atomic E-state index is 11.9. The average molecular weight is 305 g/mol. The van der Waals surface area contributed by atoms with Crippen LogP contribution >= 0.6 is 0 Å². The van der Waals surface area contributed by atoms with E-state index in [1.807, 2.05) is 0 Å². The molecule has 120 valence electrons. The Morgan fingerprint density at radius 2 is 2.09 bits per heavy atom. The molecular weight excluding hydrogens is 282 g/mol. The summed E-state index contributed by atoms with van der Waals surface area (Å²) in [6, 6.07) is 3.23. The first-order valence-electron chi connectivity index (χ1n) is 7.71. The SMILES string of the molecule is COC(=O)c1ccnc(CNC(=O)CCN2CCCCC2)c1. The number of carbonyl (C=O) groups excluding carboxylic acids is 2. The Morgan fingerprint density at radius 1 is 1.32 bits per heavy atom. The van der Waals surface area contributed by atoms with Crippen LogP contribution < -0.4 is 5.32 Å². The number of nitrogens with one attached hydrogen (secondary N) is 1. The van der Waals surface area contributed by atoms with Crippen LogP contribution in [0.1, 0.15) is 41.7 Å². The first-order chi connectivity index (χ1) is 10.7. The van der Waals surface area contributed by atoms with Gasteiger partial charge in [-0.3, -0.25) is 9.78 Å². The van der Waals surface area contributed by atoms with Gasteiger partial charge in [-0.25, -0.2) is 4.79 Å². The highest BCUT2D eigenvalue weighted by Crippen LogP contribution is 2.08. The summed E-state index contributed by atoms with van der Waals surface area (Å²) in [7, 11) is 1.34. The fourth-order valence-corrected chi connectivity index (χ4v) is 2.54. The Labute approximate surface area is 130 Å². The minimum absolute atomic E-state index is 0.0100. The zero-order valence-corrected chi connectivity index (χ0v) is 13.0. The number of methoxy groups -OCH3 is 1. The van der Waals surface area contributed by atoms with Crippen LogP contribution in [0.5, 0.6) is 0 Å². The second-order valence-electron chi connectivity index (χ2n) is 5.46. The highest BCUT2D eigenvalue weighted by Gasteiger charge is 2.12. The van der Waals surface area contributed by atoms with E-state index in [1.165, 1.54) is 26.4 Å². The van der Waals surface area contributed by atoms with Crippen molar-refractivity contribution < 1.29 is 14.3 Å². The molecule has 2 rings (SSSR count). The van der Waals surface area contributed by atoms with Gasteiger partial charge in [0.2, 0.25) is 5.91 Å². The van der Waals surface area contributed by atoms with Gasteiger partial charge >= 0.3 is 5.97 Å². The Hall–Kier alpha value is -1.95. The highest BCUT2D eigenvalue weighted by atomic mass is 16.5. The summed E-state index contributed by atoms with van der Waals surface area (Å²) in [6.45, 7) is 3.32. The monoisotopic (exact) mass is 305 g/mol. The molecule has 1 aromatic heterocycles. The lowest BCUT2D eigenvalue weighted by Crippen LogP contribution is -2.34. The molecule has 0 unspecified atom stereocenters. The second-order valence-corrected chi connectivity index (χ2v) is 5.46. The molecule has 0 aromatic carbocycles. The van der Waals surface area contributed by atoms with E-state index in [-0.39, 0.29) is 5.91 Å². The average Bonchev–Trinajstić information content (AvgIpc) is 2.58. The van der Waals surface area contributed by atoms with Crippen molar-refractivity contribution in [3.63, 3.8) is 0 Å². The number of piperidine rings is 1. The second kappa shape index (κ2) is 8.48. The van der Waals surface area contributed by atoms with Gasteiger partial charge in [0.05, 0.1) is 24.9 Å². The maximum Gasteiger partial charge on any atom is 0.337 e. The molecule has 0 saturated carbocycles. The van der Waals surface area contributed by atoms with E-state index >= 15 is 0 Å². The molecule has 0 spiro atoms. The normalized spacial score (nSPS) is 15.3. The fourth-order valence-electron chi connectivity index (χ4n) is 2.54. The van der Waals surface area contributed by atoms with E-state index < -0.39 is 5.97 Å². The van der Waals surface area contributed by atoms with Crippen LogP contribution in [0.3, 0.4) is 0 Å². The van der Waals surface area contributed by atoms with E-state index in [0.717, 1.165) is 19.6 Å². The summed E-state index contributed by atoms with van der Waals surface area (Å²) < 4.78 is 4.66. The van der Waals surface area contributed by atoms with E-state index in [0.29, 0.717) is 24.2 Å². The van der Waals surface area contributed by atoms with Crippen LogP contribution in [0.2, 0.25) is 0 Å². The zero-order chi connectivity index (χ0) is 15.8. The number of hydrogen-bond donors (Lipinski definition) is 1. The van der Waals surface area contributed by atoms with Gasteiger partial charge in [-0.05, 0) is 38.1 Å². The van der Waals surface area contributed by atoms with E-state index in [9.17, 15) is 9.59 Å². The number of nitrogens with zero attached hydrogens (tertiary/aromatic N) is 2. The molecule has 0 atom stereocenters. The van der Waals surface area contributed by atoms with Crippen LogP contribution in [-0.4, -0.2) is 48.5 Å². The van der Waals surface area contributed by atoms with Gasteiger partial charge in [-0.2, -0.15) is 0 Å². The molecule has 6 nitrogen and oxygen atoms in total. The van der Waals surface area contributed by atoms with Crippen molar-refractivity contribution in [2.75, 3.05) is 26.7 Å². The molecule has 0 aliphatic carbocycles. The lowest BCUT2D eigenvalue weighted by atomic mass is 10.1. The Balaban J connectivity index is 1.74. The predicted octanol–water partition coefficient (Wildman–Crippen LogP) is 1.36. The fraction of sp³-hybridized carbons (Fsp3) is 0.562. The number of hydrogen-bond acceptors (Lipinski definition) is 5. The number of carbonyl (C=O) groups is 2. The number of aromatic nitrogens is 1. The molecular formula is C16H23N3O3. The van der Waals surface area contributed by atoms with E-state index in [4.69, 9.17) is 0 Å². The van der Waals surface area contributed by atoms with Crippen LogP contribution in [0, 0.1) is 0 Å². The lowest BCUT2D eigenvalue weighted by Gasteiger charge is -2.25. The molecule has 1 fully saturated rings. The van der Waals surface area contributed by atoms with Crippen molar-refractivity contribution in [2.24, 2.45) is 0 Å². The van der Waals surface area contributed by atoms with E-state index in [1.54, 1.807) is 18.3 Å². The standard InChI is InChI=1S/C16H23N3O3/c1-22-16(21)13-5-7-17-14(11-13)12-18-15(20)6-10-19-8-3-2-4-9-19/h5,7,11H,2-4,6,8-10,12H2,1H3,(H,18,20). The molecule has 1 aliphatic heterocycles. The largest absolute Gasteiger partial charge is 0.465 e. The summed E-state index contributed by atoms with van der Waals surface area (Å²) in [4.78, 5) is 29.8. The van der Waals surface area contributed by atoms with Crippen LogP contribution in [-0.2, 0) is 16.1 Å². The number of likely N-dealkylation sites (tertiary alicyclic amines) is 1. The number of rotatable bonds is 6. The zero-order valence-electron chi connectivity index (χ0n) is 13.0. The topological polar surface area (TPSA) is 71.5 Å². The highest BCUT2D eigenvalue weighted by molar-refractivity contribution is 5.89. The van der Waals surface area contributed by atoms with Crippen molar-refractivity contribution in [3.05, 3.63) is 29.6 Å². The third-order valence-electron chi connectivity index (χ3n) is 3.81. The molecule has 0 bridgehead atoms. The summed E-state index contributed by atoms with van der Waals surface area (Å²) in [5.74, 6) is -0.393. The molecule has 1 aromatic rings. The van der Waals surface area contributed by atoms with Crippen molar-refractivity contribution in [1.29, 1.82) is 0 Å². The third-order valence-corrected chi connectivity index (χ3v) is 3.81. The number of ether oxygens (including phenoxy) is 1. The molecule has 6 heteroatoms. The van der Waals surface area contributed by atoms with Gasteiger partial charge in [0.25, 0.3) is 0 Å². The molecule has 2 heterocycles. The van der Waals surface area contributed by atoms with Crippen LogP contribution in [0.4, 0.5) is 0 Å². The summed E-state index contributed by atoms with van der Waals surface area (Å²) in [6.07, 6.45) is 5.79. The summed E-state index contributed by atoms with van der Waals surface area (Å²) >= 11 is 0. The number of amides is 1. The van der Waals surface area contributed by atoms with Crippen molar-refractivity contribution in [2.45, 2.75) is 32.2 Å². The molecule has 1 saturated heterocycles. The predicted molar refractivity (Wildman–Crippen MR) is 82.3 cm³/mol. The Bertz CT molecular complexity index is 513. The molecule has 22 heavy (non-hydrogen) atoms. The molecule has 1 N–H and O–H groups in total. The van der Waals surface area contributed by atoms with Crippen molar-refractivity contribution in [1.82, 2.24) is 15.2 Å². The quantitative estimate of drug-likeness (QED) is 0.804. The minimum atomic E-state index is -0.403. The number of esters is 1. The minimum Gasteiger partial charge on any atom is -0.465 e. The Kier molecular flexibility index (Phi) is 6.33. The lowest BCUT2D eigenvalue weighted by molar-refractivity contribution is -0.121.